The summed E-state index contributed by atoms with van der Waals surface area (Å²) in [6.45, 7) is 5.61. The number of ether oxygens (including phenoxy) is 3. The second-order valence-corrected chi connectivity index (χ2v) is 7.24. The van der Waals surface area contributed by atoms with Crippen LogP contribution in [0.3, 0.4) is 0 Å². The molecule has 28 heavy (non-hydrogen) atoms. The number of Topliss-reactive ketones (excluding diaryl/α,β-unsaturated/α-hetero) is 1. The van der Waals surface area contributed by atoms with Gasteiger partial charge in [-0.25, -0.2) is 4.79 Å². The average Bonchev–Trinajstić information content (AvgIpc) is 3.04. The summed E-state index contributed by atoms with van der Waals surface area (Å²) in [7, 11) is 3.22. The number of fused-ring (bicyclic) bond motifs is 1. The molecule has 2 atom stereocenters. The predicted octanol–water partition coefficient (Wildman–Crippen LogP) is 4.21. The number of methoxy groups -OCH3 is 2. The number of nitrogens with one attached hydrogen (secondary N) is 1. The van der Waals surface area contributed by atoms with E-state index in [4.69, 9.17) is 14.2 Å². The summed E-state index contributed by atoms with van der Waals surface area (Å²) in [5.74, 6) is 0.995. The van der Waals surface area contributed by atoms with Crippen molar-refractivity contribution in [1.82, 2.24) is 4.98 Å². The summed E-state index contributed by atoms with van der Waals surface area (Å²) < 4.78 is 16.3. The first-order valence-corrected chi connectivity index (χ1v) is 9.57. The first-order valence-electron chi connectivity index (χ1n) is 9.57. The fourth-order valence-corrected chi connectivity index (χ4v) is 3.74. The Hall–Kier alpha value is -2.76. The Labute approximate surface area is 165 Å². The van der Waals surface area contributed by atoms with Gasteiger partial charge in [-0.1, -0.05) is 6.92 Å². The van der Waals surface area contributed by atoms with Gasteiger partial charge < -0.3 is 19.2 Å². The van der Waals surface area contributed by atoms with Crippen LogP contribution in [0.5, 0.6) is 11.5 Å². The van der Waals surface area contributed by atoms with Crippen molar-refractivity contribution < 1.29 is 23.8 Å². The summed E-state index contributed by atoms with van der Waals surface area (Å²) in [6.07, 6.45) is 1.54. The van der Waals surface area contributed by atoms with E-state index < -0.39 is 5.97 Å². The Morgan fingerprint density at radius 1 is 1.25 bits per heavy atom. The van der Waals surface area contributed by atoms with Crippen LogP contribution in [0.25, 0.3) is 0 Å². The quantitative estimate of drug-likeness (QED) is 0.754. The molecule has 3 rings (SSSR count). The fraction of sp³-hybridized carbons (Fsp3) is 0.455. The monoisotopic (exact) mass is 385 g/mol. The molecule has 1 N–H and O–H groups in total. The van der Waals surface area contributed by atoms with Crippen molar-refractivity contribution in [3.63, 3.8) is 0 Å². The lowest BCUT2D eigenvalue weighted by Crippen LogP contribution is -2.19. The van der Waals surface area contributed by atoms with Crippen LogP contribution in [0.2, 0.25) is 0 Å². The van der Waals surface area contributed by atoms with Gasteiger partial charge in [-0.3, -0.25) is 4.79 Å². The van der Waals surface area contributed by atoms with Gasteiger partial charge in [0, 0.05) is 29.2 Å². The first kappa shape index (κ1) is 20.0. The Morgan fingerprint density at radius 3 is 2.64 bits per heavy atom. The smallest absolute Gasteiger partial charge is 0.355 e. The normalized spacial score (nSPS) is 17.0. The van der Waals surface area contributed by atoms with Gasteiger partial charge in [0.25, 0.3) is 0 Å². The van der Waals surface area contributed by atoms with Crippen LogP contribution in [0.1, 0.15) is 70.3 Å². The number of ketones is 1. The van der Waals surface area contributed by atoms with Gasteiger partial charge in [0.15, 0.2) is 5.78 Å². The van der Waals surface area contributed by atoms with Crippen molar-refractivity contribution in [3.8, 4) is 11.5 Å². The number of rotatable bonds is 6. The third-order valence-corrected chi connectivity index (χ3v) is 5.45. The standard InChI is InChI=1S/C22H27NO5/c1-6-12(2)28-22(25)21-13(3)20-17(23-21)9-14(10-18(20)24)16-11-15(26-4)7-8-19(16)27-5/h7-8,11-12,14,23H,6,9-10H2,1-5H3/t12-,14-/m0/s1. The molecule has 0 aliphatic heterocycles. The molecule has 0 saturated carbocycles. The number of esters is 1. The molecule has 0 saturated heterocycles. The minimum absolute atomic E-state index is 0.0208. The SMILES string of the molecule is CC[C@H](C)OC(=O)c1[nH]c2c(c1C)C(=O)C[C@@H](c1cc(OC)ccc1OC)C2. The maximum absolute atomic E-state index is 12.9. The number of hydrogen-bond acceptors (Lipinski definition) is 5. The molecule has 1 aromatic heterocycles. The Kier molecular flexibility index (Phi) is 5.77. The zero-order valence-electron chi connectivity index (χ0n) is 17.0. The Morgan fingerprint density at radius 2 is 2.00 bits per heavy atom. The van der Waals surface area contributed by atoms with Gasteiger partial charge in [0.05, 0.1) is 20.3 Å². The lowest BCUT2D eigenvalue weighted by atomic mass is 9.81. The number of carbonyl (C=O) groups excluding carboxylic acids is 2. The molecule has 2 aromatic rings. The average molecular weight is 385 g/mol. The minimum atomic E-state index is -0.412. The molecule has 0 amide bonds. The Balaban J connectivity index is 1.95. The number of aromatic nitrogens is 1. The lowest BCUT2D eigenvalue weighted by molar-refractivity contribution is 0.0327. The summed E-state index contributed by atoms with van der Waals surface area (Å²) in [5.41, 5.74) is 3.37. The molecular formula is C22H27NO5. The molecular weight excluding hydrogens is 358 g/mol. The second kappa shape index (κ2) is 8.09. The van der Waals surface area contributed by atoms with Crippen molar-refractivity contribution in [2.45, 2.75) is 52.1 Å². The second-order valence-electron chi connectivity index (χ2n) is 7.24. The van der Waals surface area contributed by atoms with E-state index in [9.17, 15) is 9.59 Å². The molecule has 1 aromatic carbocycles. The molecule has 6 nitrogen and oxygen atoms in total. The highest BCUT2D eigenvalue weighted by molar-refractivity contribution is 6.03. The third kappa shape index (κ3) is 3.63. The van der Waals surface area contributed by atoms with Gasteiger partial charge in [-0.15, -0.1) is 0 Å². The molecule has 150 valence electrons. The number of H-pyrrole nitrogens is 1. The van der Waals surface area contributed by atoms with Crippen LogP contribution in [0, 0.1) is 6.92 Å². The molecule has 0 bridgehead atoms. The summed E-state index contributed by atoms with van der Waals surface area (Å²) >= 11 is 0. The molecule has 6 heteroatoms. The molecule has 0 radical (unpaired) electrons. The van der Waals surface area contributed by atoms with Crippen LogP contribution in [0.4, 0.5) is 0 Å². The maximum Gasteiger partial charge on any atom is 0.355 e. The Bertz CT molecular complexity index is 899. The van der Waals surface area contributed by atoms with E-state index in [1.165, 1.54) is 0 Å². The van der Waals surface area contributed by atoms with E-state index >= 15 is 0 Å². The lowest BCUT2D eigenvalue weighted by Gasteiger charge is -2.24. The van der Waals surface area contributed by atoms with E-state index in [1.807, 2.05) is 32.0 Å². The van der Waals surface area contributed by atoms with E-state index in [0.717, 1.165) is 29.2 Å². The van der Waals surface area contributed by atoms with Crippen molar-refractivity contribution in [2.24, 2.45) is 0 Å². The zero-order valence-corrected chi connectivity index (χ0v) is 17.0. The fourth-order valence-electron chi connectivity index (χ4n) is 3.74. The minimum Gasteiger partial charge on any atom is -0.497 e. The molecule has 0 unspecified atom stereocenters. The molecule has 1 aliphatic carbocycles. The number of aromatic amines is 1. The van der Waals surface area contributed by atoms with Gasteiger partial charge in [0.2, 0.25) is 0 Å². The van der Waals surface area contributed by atoms with Crippen LogP contribution in [-0.4, -0.2) is 37.1 Å². The van der Waals surface area contributed by atoms with Crippen LogP contribution < -0.4 is 9.47 Å². The van der Waals surface area contributed by atoms with E-state index in [2.05, 4.69) is 4.98 Å². The van der Waals surface area contributed by atoms with Crippen molar-refractivity contribution in [3.05, 3.63) is 46.3 Å². The molecule has 0 spiro atoms. The summed E-state index contributed by atoms with van der Waals surface area (Å²) in [5, 5.41) is 0. The highest BCUT2D eigenvalue weighted by Crippen LogP contribution is 2.40. The van der Waals surface area contributed by atoms with Gasteiger partial charge in [-0.05, 0) is 50.5 Å². The molecule has 1 heterocycles. The number of benzene rings is 1. The molecule has 1 aliphatic rings. The number of carbonyl (C=O) groups is 2. The third-order valence-electron chi connectivity index (χ3n) is 5.45. The van der Waals surface area contributed by atoms with E-state index in [-0.39, 0.29) is 17.8 Å². The van der Waals surface area contributed by atoms with E-state index in [1.54, 1.807) is 21.1 Å². The van der Waals surface area contributed by atoms with Gasteiger partial charge in [0.1, 0.15) is 17.2 Å². The summed E-state index contributed by atoms with van der Waals surface area (Å²) in [6, 6.07) is 5.60. The molecule has 0 fully saturated rings. The predicted molar refractivity (Wildman–Crippen MR) is 106 cm³/mol. The van der Waals surface area contributed by atoms with Crippen molar-refractivity contribution in [2.75, 3.05) is 14.2 Å². The first-order chi connectivity index (χ1) is 13.4. The highest BCUT2D eigenvalue weighted by Gasteiger charge is 2.33. The largest absolute Gasteiger partial charge is 0.497 e. The van der Waals surface area contributed by atoms with Crippen LogP contribution in [0.15, 0.2) is 18.2 Å². The maximum atomic E-state index is 12.9. The zero-order chi connectivity index (χ0) is 20.4. The number of hydrogen-bond donors (Lipinski definition) is 1. The van der Waals surface area contributed by atoms with Crippen molar-refractivity contribution in [1.29, 1.82) is 0 Å². The van der Waals surface area contributed by atoms with Crippen molar-refractivity contribution >= 4 is 11.8 Å². The van der Waals surface area contributed by atoms with Gasteiger partial charge in [-0.2, -0.15) is 0 Å². The topological polar surface area (TPSA) is 77.6 Å². The van der Waals surface area contributed by atoms with Crippen LogP contribution >= 0.6 is 0 Å². The summed E-state index contributed by atoms with van der Waals surface area (Å²) in [4.78, 5) is 28.6. The van der Waals surface area contributed by atoms with Gasteiger partial charge >= 0.3 is 5.97 Å². The van der Waals surface area contributed by atoms with Crippen LogP contribution in [-0.2, 0) is 11.2 Å². The van der Waals surface area contributed by atoms with E-state index in [0.29, 0.717) is 29.7 Å². The highest BCUT2D eigenvalue weighted by atomic mass is 16.5.